The third-order valence-electron chi connectivity index (χ3n) is 6.90. The summed E-state index contributed by atoms with van der Waals surface area (Å²) < 4.78 is 11.1. The van der Waals surface area contributed by atoms with E-state index < -0.39 is 6.10 Å². The highest BCUT2D eigenvalue weighted by atomic mass is 16.6. The van der Waals surface area contributed by atoms with E-state index in [0.717, 1.165) is 96.3 Å². The number of aliphatic hydroxyl groups is 1. The van der Waals surface area contributed by atoms with Gasteiger partial charge < -0.3 is 14.6 Å². The number of rotatable bonds is 31. The topological polar surface area (TPSA) is 55.8 Å². The number of allylic oxidation sites excluding steroid dienone is 16. The summed E-state index contributed by atoms with van der Waals surface area (Å²) in [5.74, 6) is -0.246. The van der Waals surface area contributed by atoms with E-state index in [1.807, 2.05) is 0 Å². The van der Waals surface area contributed by atoms with Crippen LogP contribution in [0, 0.1) is 0 Å². The van der Waals surface area contributed by atoms with Crippen molar-refractivity contribution >= 4 is 5.97 Å². The van der Waals surface area contributed by atoms with Gasteiger partial charge in [0.2, 0.25) is 0 Å². The fraction of sp³-hybridized carbons (Fsp3) is 0.585. The number of ether oxygens (including phenoxy) is 2. The second kappa shape index (κ2) is 37.5. The Morgan fingerprint density at radius 1 is 0.533 bits per heavy atom. The van der Waals surface area contributed by atoms with Crippen LogP contribution in [0.5, 0.6) is 0 Å². The van der Waals surface area contributed by atoms with Gasteiger partial charge >= 0.3 is 5.97 Å². The zero-order chi connectivity index (χ0) is 32.7. The van der Waals surface area contributed by atoms with Crippen LogP contribution in [-0.2, 0) is 14.3 Å². The molecule has 1 N–H and O–H groups in total. The van der Waals surface area contributed by atoms with E-state index in [9.17, 15) is 9.90 Å². The summed E-state index contributed by atoms with van der Waals surface area (Å²) in [6.07, 6.45) is 53.0. The third-order valence-corrected chi connectivity index (χ3v) is 6.90. The van der Waals surface area contributed by atoms with Crippen LogP contribution in [0.15, 0.2) is 97.2 Å². The lowest BCUT2D eigenvalue weighted by Crippen LogP contribution is -2.27. The van der Waals surface area contributed by atoms with Crippen LogP contribution in [0.3, 0.4) is 0 Å². The van der Waals surface area contributed by atoms with E-state index >= 15 is 0 Å². The van der Waals surface area contributed by atoms with Crippen LogP contribution in [0.4, 0.5) is 0 Å². The molecule has 0 aromatic rings. The van der Waals surface area contributed by atoms with Gasteiger partial charge in [-0.2, -0.15) is 0 Å². The largest absolute Gasteiger partial charge is 0.457 e. The van der Waals surface area contributed by atoms with Crippen molar-refractivity contribution in [1.29, 1.82) is 0 Å². The van der Waals surface area contributed by atoms with E-state index in [-0.39, 0.29) is 19.2 Å². The molecule has 0 aromatic carbocycles. The fourth-order valence-electron chi connectivity index (χ4n) is 4.31. The molecule has 4 heteroatoms. The molecule has 0 bridgehead atoms. The summed E-state index contributed by atoms with van der Waals surface area (Å²) in [4.78, 5) is 12.1. The van der Waals surface area contributed by atoms with Gasteiger partial charge in [0.1, 0.15) is 6.10 Å². The molecule has 0 aliphatic rings. The van der Waals surface area contributed by atoms with Crippen LogP contribution in [0.2, 0.25) is 0 Å². The Labute approximate surface area is 277 Å². The summed E-state index contributed by atoms with van der Waals surface area (Å²) in [5, 5.41) is 9.54. The molecule has 0 rings (SSSR count). The first-order chi connectivity index (χ1) is 22.2. The van der Waals surface area contributed by atoms with E-state index in [1.165, 1.54) is 12.8 Å². The van der Waals surface area contributed by atoms with Crippen molar-refractivity contribution in [2.75, 3.05) is 19.8 Å². The standard InChI is InChI=1S/C41H66O4/c1-3-5-7-9-11-13-15-17-19-20-21-22-23-24-26-28-30-32-34-36-41(43)45-40(38-42)39-44-37-35-33-31-29-27-25-18-16-14-12-10-8-6-4-2/h5-8,11-14,17-19,21-22,24-26,40,42H,3-4,9-10,15-16,20,23,27-39H2,1-2H3/b7-5-,8-6-,13-11-,14-12-,19-17-,22-21-,25-18-,26-24-. The highest BCUT2D eigenvalue weighted by Crippen LogP contribution is 2.08. The van der Waals surface area contributed by atoms with Gasteiger partial charge in [-0.1, -0.05) is 130 Å². The van der Waals surface area contributed by atoms with Gasteiger partial charge in [0.05, 0.1) is 13.2 Å². The maximum atomic E-state index is 12.1. The molecular formula is C41H66O4. The lowest BCUT2D eigenvalue weighted by atomic mass is 10.1. The smallest absolute Gasteiger partial charge is 0.306 e. The second-order valence-electron chi connectivity index (χ2n) is 11.2. The van der Waals surface area contributed by atoms with Gasteiger partial charge in [-0.15, -0.1) is 0 Å². The first-order valence-electron chi connectivity index (χ1n) is 17.8. The Morgan fingerprint density at radius 3 is 1.38 bits per heavy atom. The molecule has 1 unspecified atom stereocenters. The van der Waals surface area contributed by atoms with Crippen molar-refractivity contribution in [2.24, 2.45) is 0 Å². The lowest BCUT2D eigenvalue weighted by Gasteiger charge is -2.15. The van der Waals surface area contributed by atoms with Crippen LogP contribution >= 0.6 is 0 Å². The Hall–Kier alpha value is -2.69. The van der Waals surface area contributed by atoms with Crippen LogP contribution < -0.4 is 0 Å². The van der Waals surface area contributed by atoms with Gasteiger partial charge in [-0.05, 0) is 89.9 Å². The summed E-state index contributed by atoms with van der Waals surface area (Å²) in [5.41, 5.74) is 0. The maximum Gasteiger partial charge on any atom is 0.306 e. The molecule has 1 atom stereocenters. The minimum absolute atomic E-state index is 0.202. The molecule has 0 radical (unpaired) electrons. The molecule has 0 saturated carbocycles. The van der Waals surface area contributed by atoms with Crippen molar-refractivity contribution in [3.05, 3.63) is 97.2 Å². The van der Waals surface area contributed by atoms with Crippen LogP contribution in [0.25, 0.3) is 0 Å². The Bertz CT molecular complexity index is 872. The maximum absolute atomic E-state index is 12.1. The van der Waals surface area contributed by atoms with E-state index in [1.54, 1.807) is 0 Å². The Kier molecular flexibility index (Phi) is 35.3. The summed E-state index contributed by atoms with van der Waals surface area (Å²) in [6.45, 7) is 5.00. The number of unbranched alkanes of at least 4 members (excludes halogenated alkanes) is 7. The number of hydrogen-bond acceptors (Lipinski definition) is 4. The predicted molar refractivity (Wildman–Crippen MR) is 195 cm³/mol. The number of carbonyl (C=O) groups is 1. The first kappa shape index (κ1) is 42.3. The normalized spacial score (nSPS) is 13.6. The average molecular weight is 623 g/mol. The highest BCUT2D eigenvalue weighted by Gasteiger charge is 2.13. The average Bonchev–Trinajstić information content (AvgIpc) is 3.05. The molecule has 45 heavy (non-hydrogen) atoms. The molecule has 0 aliphatic heterocycles. The summed E-state index contributed by atoms with van der Waals surface area (Å²) in [7, 11) is 0. The van der Waals surface area contributed by atoms with E-state index in [4.69, 9.17) is 9.47 Å². The van der Waals surface area contributed by atoms with E-state index in [2.05, 4.69) is 111 Å². The van der Waals surface area contributed by atoms with Gasteiger partial charge in [-0.3, -0.25) is 4.79 Å². The van der Waals surface area contributed by atoms with Crippen LogP contribution in [0.1, 0.15) is 129 Å². The number of hydrogen-bond donors (Lipinski definition) is 1. The molecule has 4 nitrogen and oxygen atoms in total. The highest BCUT2D eigenvalue weighted by molar-refractivity contribution is 5.69. The fourth-order valence-corrected chi connectivity index (χ4v) is 4.31. The van der Waals surface area contributed by atoms with Crippen molar-refractivity contribution in [3.8, 4) is 0 Å². The SMILES string of the molecule is CC/C=C\C/C=C\C/C=C\C/C=C\C/C=C\CCCCCC(=O)OC(CO)COCCCCCC/C=C\C/C=C\C/C=C\CC. The molecule has 0 fully saturated rings. The number of aliphatic hydroxyl groups excluding tert-OH is 1. The molecule has 0 heterocycles. The van der Waals surface area contributed by atoms with Crippen molar-refractivity contribution < 1.29 is 19.4 Å². The zero-order valence-electron chi connectivity index (χ0n) is 28.8. The Morgan fingerprint density at radius 2 is 0.933 bits per heavy atom. The molecule has 0 aromatic heterocycles. The quantitative estimate of drug-likeness (QED) is 0.0475. The van der Waals surface area contributed by atoms with Gasteiger partial charge in [0.25, 0.3) is 0 Å². The first-order valence-corrected chi connectivity index (χ1v) is 17.8. The summed E-state index contributed by atoms with van der Waals surface area (Å²) >= 11 is 0. The molecule has 0 aliphatic carbocycles. The van der Waals surface area contributed by atoms with E-state index in [0.29, 0.717) is 13.0 Å². The molecular weight excluding hydrogens is 556 g/mol. The van der Waals surface area contributed by atoms with Gasteiger partial charge in [0, 0.05) is 13.0 Å². The number of carbonyl (C=O) groups excluding carboxylic acids is 1. The zero-order valence-corrected chi connectivity index (χ0v) is 28.8. The molecule has 0 saturated heterocycles. The molecule has 0 amide bonds. The van der Waals surface area contributed by atoms with Crippen molar-refractivity contribution in [3.63, 3.8) is 0 Å². The minimum Gasteiger partial charge on any atom is -0.457 e. The monoisotopic (exact) mass is 622 g/mol. The molecule has 254 valence electrons. The minimum atomic E-state index is -0.569. The van der Waals surface area contributed by atoms with Gasteiger partial charge in [0.15, 0.2) is 0 Å². The molecule has 0 spiro atoms. The predicted octanol–water partition coefficient (Wildman–Crippen LogP) is 11.4. The van der Waals surface area contributed by atoms with Gasteiger partial charge in [-0.25, -0.2) is 0 Å². The summed E-state index contributed by atoms with van der Waals surface area (Å²) in [6, 6.07) is 0. The van der Waals surface area contributed by atoms with Crippen LogP contribution in [-0.4, -0.2) is 37.0 Å². The Balaban J connectivity index is 3.63. The van der Waals surface area contributed by atoms with Crippen molar-refractivity contribution in [1.82, 2.24) is 0 Å². The van der Waals surface area contributed by atoms with Crippen molar-refractivity contribution in [2.45, 2.75) is 136 Å². The lowest BCUT2D eigenvalue weighted by molar-refractivity contribution is -0.154. The second-order valence-corrected chi connectivity index (χ2v) is 11.2. The third kappa shape index (κ3) is 35.7. The number of esters is 1.